The molecule has 1 aliphatic rings. The van der Waals surface area contributed by atoms with Crippen LogP contribution in [-0.4, -0.2) is 29.1 Å². The molecule has 0 saturated heterocycles. The number of carbonyl (C=O) groups is 2. The number of hydrogen-bond acceptors (Lipinski definition) is 3. The first kappa shape index (κ1) is 18.1. The second-order valence-electron chi connectivity index (χ2n) is 7.11. The zero-order valence-electron chi connectivity index (χ0n) is 15.5. The number of aromatic nitrogens is 1. The molecule has 6 nitrogen and oxygen atoms in total. The Labute approximate surface area is 163 Å². The molecule has 0 radical (unpaired) electrons. The highest BCUT2D eigenvalue weighted by molar-refractivity contribution is 5.88. The van der Waals surface area contributed by atoms with E-state index < -0.39 is 12.1 Å². The minimum Gasteiger partial charge on any atom is -0.445 e. The van der Waals surface area contributed by atoms with Gasteiger partial charge in [0.25, 0.3) is 0 Å². The van der Waals surface area contributed by atoms with Gasteiger partial charge in [0, 0.05) is 29.6 Å². The van der Waals surface area contributed by atoms with Crippen LogP contribution in [0.3, 0.4) is 0 Å². The van der Waals surface area contributed by atoms with E-state index in [1.807, 2.05) is 60.8 Å². The van der Waals surface area contributed by atoms with E-state index in [0.717, 1.165) is 34.9 Å². The van der Waals surface area contributed by atoms with E-state index in [0.29, 0.717) is 6.42 Å². The number of amides is 2. The minimum absolute atomic E-state index is 0.163. The number of alkyl carbamates (subject to hydrolysis) is 1. The number of nitrogens with one attached hydrogen (secondary N) is 3. The fourth-order valence-electron chi connectivity index (χ4n) is 3.17. The summed E-state index contributed by atoms with van der Waals surface area (Å²) >= 11 is 0. The molecule has 0 spiro atoms. The Morgan fingerprint density at radius 3 is 2.61 bits per heavy atom. The van der Waals surface area contributed by atoms with Gasteiger partial charge in [0.15, 0.2) is 0 Å². The smallest absolute Gasteiger partial charge is 0.408 e. The van der Waals surface area contributed by atoms with E-state index in [1.54, 1.807) is 0 Å². The van der Waals surface area contributed by atoms with Crippen molar-refractivity contribution in [3.05, 3.63) is 71.9 Å². The predicted molar refractivity (Wildman–Crippen MR) is 107 cm³/mol. The van der Waals surface area contributed by atoms with Gasteiger partial charge in [0.1, 0.15) is 12.6 Å². The Hall–Kier alpha value is -3.28. The predicted octanol–water partition coefficient (Wildman–Crippen LogP) is 3.28. The average Bonchev–Trinajstić information content (AvgIpc) is 3.45. The Morgan fingerprint density at radius 1 is 1.07 bits per heavy atom. The van der Waals surface area contributed by atoms with Crippen LogP contribution >= 0.6 is 0 Å². The monoisotopic (exact) mass is 377 g/mol. The molecule has 1 unspecified atom stereocenters. The highest BCUT2D eigenvalue weighted by Gasteiger charge is 2.29. The minimum atomic E-state index is -0.692. The molecule has 6 heteroatoms. The number of hydrogen-bond donors (Lipinski definition) is 3. The summed E-state index contributed by atoms with van der Waals surface area (Å²) < 4.78 is 5.30. The van der Waals surface area contributed by atoms with Crippen LogP contribution in [0.2, 0.25) is 0 Å². The molecule has 3 N–H and O–H groups in total. The third-order valence-electron chi connectivity index (χ3n) is 4.84. The third kappa shape index (κ3) is 4.52. The summed E-state index contributed by atoms with van der Waals surface area (Å²) in [6.07, 6.45) is 3.66. The number of aromatic amines is 1. The molecule has 1 aromatic heterocycles. The maximum atomic E-state index is 12.7. The van der Waals surface area contributed by atoms with Gasteiger partial charge in [-0.05, 0) is 30.0 Å². The van der Waals surface area contributed by atoms with Crippen LogP contribution in [0.25, 0.3) is 10.9 Å². The SMILES string of the molecule is O=C(NC(Cc1c[nH]c2ccccc12)C(=O)NC1CC1)OCc1ccccc1. The molecular weight excluding hydrogens is 354 g/mol. The lowest BCUT2D eigenvalue weighted by atomic mass is 10.0. The van der Waals surface area contributed by atoms with E-state index in [4.69, 9.17) is 4.74 Å². The van der Waals surface area contributed by atoms with Crippen molar-refractivity contribution < 1.29 is 14.3 Å². The Kier molecular flexibility index (Phi) is 5.28. The summed E-state index contributed by atoms with van der Waals surface area (Å²) in [6, 6.07) is 16.9. The lowest BCUT2D eigenvalue weighted by molar-refractivity contribution is -0.123. The van der Waals surface area contributed by atoms with Gasteiger partial charge in [-0.15, -0.1) is 0 Å². The topological polar surface area (TPSA) is 83.2 Å². The molecule has 0 bridgehead atoms. The summed E-state index contributed by atoms with van der Waals surface area (Å²) in [5.41, 5.74) is 2.88. The second kappa shape index (κ2) is 8.17. The van der Waals surface area contributed by atoms with Crippen molar-refractivity contribution in [1.82, 2.24) is 15.6 Å². The number of fused-ring (bicyclic) bond motifs is 1. The molecule has 0 aliphatic heterocycles. The molecule has 4 rings (SSSR count). The molecule has 2 aromatic carbocycles. The molecule has 1 fully saturated rings. The Balaban J connectivity index is 1.43. The maximum absolute atomic E-state index is 12.7. The van der Waals surface area contributed by atoms with Gasteiger partial charge in [-0.25, -0.2) is 4.79 Å². The summed E-state index contributed by atoms with van der Waals surface area (Å²) in [6.45, 7) is 0.163. The molecule has 1 heterocycles. The fraction of sp³-hybridized carbons (Fsp3) is 0.273. The van der Waals surface area contributed by atoms with E-state index in [-0.39, 0.29) is 18.6 Å². The van der Waals surface area contributed by atoms with Crippen LogP contribution in [0.15, 0.2) is 60.8 Å². The zero-order valence-corrected chi connectivity index (χ0v) is 15.5. The summed E-state index contributed by atoms with van der Waals surface area (Å²) in [4.78, 5) is 28.2. The first-order chi connectivity index (χ1) is 13.7. The average molecular weight is 377 g/mol. The molecule has 144 valence electrons. The lowest BCUT2D eigenvalue weighted by Crippen LogP contribution is -2.48. The molecule has 28 heavy (non-hydrogen) atoms. The second-order valence-corrected chi connectivity index (χ2v) is 7.11. The van der Waals surface area contributed by atoms with Gasteiger partial charge in [-0.3, -0.25) is 4.79 Å². The lowest BCUT2D eigenvalue weighted by Gasteiger charge is -2.18. The van der Waals surface area contributed by atoms with Crippen molar-refractivity contribution in [3.63, 3.8) is 0 Å². The first-order valence-corrected chi connectivity index (χ1v) is 9.51. The normalized spacial score (nSPS) is 14.4. The van der Waals surface area contributed by atoms with Gasteiger partial charge in [-0.2, -0.15) is 0 Å². The van der Waals surface area contributed by atoms with Crippen LogP contribution in [0.4, 0.5) is 4.79 Å². The van der Waals surface area contributed by atoms with Gasteiger partial charge >= 0.3 is 6.09 Å². The van der Waals surface area contributed by atoms with Crippen LogP contribution in [0.5, 0.6) is 0 Å². The number of rotatable bonds is 7. The molecule has 1 aliphatic carbocycles. The van der Waals surface area contributed by atoms with Crippen molar-refractivity contribution in [2.24, 2.45) is 0 Å². The van der Waals surface area contributed by atoms with Crippen molar-refractivity contribution in [2.75, 3.05) is 0 Å². The summed E-state index contributed by atoms with van der Waals surface area (Å²) in [7, 11) is 0. The number of carbonyl (C=O) groups excluding carboxylic acids is 2. The molecule has 1 saturated carbocycles. The van der Waals surface area contributed by atoms with Crippen molar-refractivity contribution >= 4 is 22.9 Å². The fourth-order valence-corrected chi connectivity index (χ4v) is 3.17. The van der Waals surface area contributed by atoms with Crippen LogP contribution in [0, 0.1) is 0 Å². The number of para-hydroxylation sites is 1. The summed E-state index contributed by atoms with van der Waals surface area (Å²) in [5.74, 6) is -0.176. The van der Waals surface area contributed by atoms with Gasteiger partial charge in [0.05, 0.1) is 0 Å². The van der Waals surface area contributed by atoms with E-state index in [1.165, 1.54) is 0 Å². The standard InChI is InChI=1S/C22H23N3O3/c26-21(24-17-10-11-17)20(12-16-13-23-19-9-5-4-8-18(16)19)25-22(27)28-14-15-6-2-1-3-7-15/h1-9,13,17,20,23H,10-12,14H2,(H,24,26)(H,25,27). The molecular formula is C22H23N3O3. The summed E-state index contributed by atoms with van der Waals surface area (Å²) in [5, 5.41) is 6.76. The van der Waals surface area contributed by atoms with Crippen molar-refractivity contribution in [1.29, 1.82) is 0 Å². The zero-order chi connectivity index (χ0) is 19.3. The number of ether oxygens (including phenoxy) is 1. The highest BCUT2D eigenvalue weighted by Crippen LogP contribution is 2.21. The maximum Gasteiger partial charge on any atom is 0.408 e. The van der Waals surface area contributed by atoms with Gasteiger partial charge in [-0.1, -0.05) is 48.5 Å². The highest BCUT2D eigenvalue weighted by atomic mass is 16.5. The van der Waals surface area contributed by atoms with E-state index in [2.05, 4.69) is 15.6 Å². The van der Waals surface area contributed by atoms with Gasteiger partial charge in [0.2, 0.25) is 5.91 Å². The largest absolute Gasteiger partial charge is 0.445 e. The van der Waals surface area contributed by atoms with Crippen LogP contribution in [0.1, 0.15) is 24.0 Å². The van der Waals surface area contributed by atoms with E-state index >= 15 is 0 Å². The first-order valence-electron chi connectivity index (χ1n) is 9.51. The quantitative estimate of drug-likeness (QED) is 0.591. The Bertz CT molecular complexity index is 963. The van der Waals surface area contributed by atoms with E-state index in [9.17, 15) is 9.59 Å². The van der Waals surface area contributed by atoms with Crippen molar-refractivity contribution in [3.8, 4) is 0 Å². The molecule has 2 amide bonds. The van der Waals surface area contributed by atoms with Gasteiger partial charge < -0.3 is 20.4 Å². The Morgan fingerprint density at radius 2 is 1.82 bits per heavy atom. The van der Waals surface area contributed by atoms with Crippen LogP contribution < -0.4 is 10.6 Å². The van der Waals surface area contributed by atoms with Crippen LogP contribution in [-0.2, 0) is 22.6 Å². The number of benzene rings is 2. The third-order valence-corrected chi connectivity index (χ3v) is 4.84. The molecule has 1 atom stereocenters. The molecule has 3 aromatic rings. The van der Waals surface area contributed by atoms with Crippen molar-refractivity contribution in [2.45, 2.75) is 38.0 Å². The number of H-pyrrole nitrogens is 1.